The third-order valence-corrected chi connectivity index (χ3v) is 4.08. The Morgan fingerprint density at radius 2 is 2.24 bits per heavy atom. The third-order valence-electron chi connectivity index (χ3n) is 3.17. The first-order valence-electron chi connectivity index (χ1n) is 6.29. The van der Waals surface area contributed by atoms with E-state index < -0.39 is 10.5 Å². The molecule has 0 spiro atoms. The van der Waals surface area contributed by atoms with Crippen LogP contribution in [0.1, 0.15) is 18.1 Å². The predicted octanol–water partition coefficient (Wildman–Crippen LogP) is 3.31. The van der Waals surface area contributed by atoms with E-state index in [0.717, 1.165) is 5.56 Å². The van der Waals surface area contributed by atoms with Gasteiger partial charge in [-0.05, 0) is 41.4 Å². The Bertz CT molecular complexity index is 629. The van der Waals surface area contributed by atoms with Crippen LogP contribution in [0.4, 0.5) is 5.69 Å². The van der Waals surface area contributed by atoms with Crippen LogP contribution >= 0.6 is 22.9 Å². The van der Waals surface area contributed by atoms with Gasteiger partial charge in [0.2, 0.25) is 0 Å². The molecule has 0 aliphatic rings. The maximum Gasteiger partial charge on any atom is 0.273 e. The zero-order chi connectivity index (χ0) is 15.5. The average Bonchev–Trinajstić information content (AvgIpc) is 2.92. The van der Waals surface area contributed by atoms with Crippen LogP contribution in [-0.4, -0.2) is 16.6 Å². The highest BCUT2D eigenvalue weighted by Gasteiger charge is 2.23. The summed E-state index contributed by atoms with van der Waals surface area (Å²) in [4.78, 5) is 10.5. The second kappa shape index (κ2) is 6.53. The Morgan fingerprint density at radius 1 is 1.48 bits per heavy atom. The van der Waals surface area contributed by atoms with Crippen molar-refractivity contribution < 1.29 is 10.0 Å². The number of hydrogen-bond donors (Lipinski definition) is 2. The summed E-state index contributed by atoms with van der Waals surface area (Å²) in [7, 11) is 0. The minimum atomic E-state index is -1.02. The highest BCUT2D eigenvalue weighted by molar-refractivity contribution is 7.08. The molecule has 0 fully saturated rings. The molecule has 7 heteroatoms. The number of nitrogens with zero attached hydrogens (tertiary/aromatic N) is 1. The molecule has 1 heterocycles. The fourth-order valence-corrected chi connectivity index (χ4v) is 2.96. The smallest absolute Gasteiger partial charge is 0.273 e. The van der Waals surface area contributed by atoms with Gasteiger partial charge < -0.3 is 10.4 Å². The van der Waals surface area contributed by atoms with Gasteiger partial charge in [0.05, 0.1) is 10.5 Å². The van der Waals surface area contributed by atoms with Crippen LogP contribution in [0.15, 0.2) is 35.0 Å². The molecular weight excluding hydrogens is 312 g/mol. The first-order valence-corrected chi connectivity index (χ1v) is 7.61. The lowest BCUT2D eigenvalue weighted by Crippen LogP contribution is -2.34. The van der Waals surface area contributed by atoms with Gasteiger partial charge >= 0.3 is 0 Å². The number of nitro groups is 1. The lowest BCUT2D eigenvalue weighted by Gasteiger charge is -2.23. The molecule has 0 bridgehead atoms. The maximum atomic E-state index is 11.0. The number of nitro benzene ring substituents is 1. The van der Waals surface area contributed by atoms with Crippen molar-refractivity contribution in [2.24, 2.45) is 0 Å². The average molecular weight is 327 g/mol. The molecule has 0 aliphatic carbocycles. The standard InChI is InChI=1S/C14H15ClN2O3S/c1-14(18,11-4-5-21-8-11)9-16-7-10-6-12(15)2-3-13(10)17(19)20/h2-6,8,16,18H,7,9H2,1H3. The SMILES string of the molecule is CC(O)(CNCc1cc(Cl)ccc1[N+](=O)[O-])c1ccsc1. The molecule has 1 aromatic carbocycles. The Morgan fingerprint density at radius 3 is 2.86 bits per heavy atom. The van der Waals surface area contributed by atoms with Crippen molar-refractivity contribution in [2.45, 2.75) is 19.1 Å². The minimum Gasteiger partial charge on any atom is -0.384 e. The summed E-state index contributed by atoms with van der Waals surface area (Å²) in [5.41, 5.74) is 0.309. The van der Waals surface area contributed by atoms with Gasteiger partial charge in [0.1, 0.15) is 0 Å². The third kappa shape index (κ3) is 4.01. The fraction of sp³-hybridized carbons (Fsp3) is 0.286. The van der Waals surface area contributed by atoms with Gasteiger partial charge in [-0.3, -0.25) is 10.1 Å². The summed E-state index contributed by atoms with van der Waals surface area (Å²) >= 11 is 7.38. The van der Waals surface area contributed by atoms with E-state index in [0.29, 0.717) is 10.6 Å². The van der Waals surface area contributed by atoms with Gasteiger partial charge in [-0.1, -0.05) is 11.6 Å². The number of thiophene rings is 1. The van der Waals surface area contributed by atoms with Crippen LogP contribution in [0.3, 0.4) is 0 Å². The molecule has 1 atom stereocenters. The Balaban J connectivity index is 2.04. The van der Waals surface area contributed by atoms with E-state index in [2.05, 4.69) is 5.32 Å². The van der Waals surface area contributed by atoms with Crippen molar-refractivity contribution in [3.63, 3.8) is 0 Å². The van der Waals surface area contributed by atoms with Gasteiger partial charge in [-0.25, -0.2) is 0 Å². The molecule has 0 saturated carbocycles. The van der Waals surface area contributed by atoms with Gasteiger partial charge in [-0.15, -0.1) is 0 Å². The largest absolute Gasteiger partial charge is 0.384 e. The van der Waals surface area contributed by atoms with Crippen molar-refractivity contribution in [1.29, 1.82) is 0 Å². The van der Waals surface area contributed by atoms with E-state index in [4.69, 9.17) is 11.6 Å². The predicted molar refractivity (Wildman–Crippen MR) is 83.7 cm³/mol. The Kier molecular flexibility index (Phi) is 4.95. The normalized spacial score (nSPS) is 13.9. The van der Waals surface area contributed by atoms with E-state index in [1.54, 1.807) is 13.0 Å². The second-order valence-electron chi connectivity index (χ2n) is 4.92. The molecule has 0 aliphatic heterocycles. The molecule has 21 heavy (non-hydrogen) atoms. The van der Waals surface area contributed by atoms with Crippen molar-refractivity contribution in [1.82, 2.24) is 5.32 Å². The minimum absolute atomic E-state index is 0.0158. The van der Waals surface area contributed by atoms with Crippen LogP contribution in [0, 0.1) is 10.1 Å². The molecule has 0 amide bonds. The molecule has 0 saturated heterocycles. The van der Waals surface area contributed by atoms with E-state index in [-0.39, 0.29) is 18.8 Å². The summed E-state index contributed by atoms with van der Waals surface area (Å²) in [5.74, 6) is 0. The number of nitrogens with one attached hydrogen (secondary N) is 1. The van der Waals surface area contributed by atoms with Gasteiger partial charge in [0.25, 0.3) is 5.69 Å². The summed E-state index contributed by atoms with van der Waals surface area (Å²) in [6.07, 6.45) is 0. The van der Waals surface area contributed by atoms with Crippen molar-refractivity contribution >= 4 is 28.6 Å². The summed E-state index contributed by atoms with van der Waals surface area (Å²) in [6.45, 7) is 2.25. The van der Waals surface area contributed by atoms with Crippen molar-refractivity contribution in [3.05, 3.63) is 61.3 Å². The first-order chi connectivity index (χ1) is 9.90. The molecule has 2 aromatic rings. The molecule has 5 nitrogen and oxygen atoms in total. The topological polar surface area (TPSA) is 75.4 Å². The van der Waals surface area contributed by atoms with Gasteiger partial charge in [0, 0.05) is 29.7 Å². The molecule has 1 unspecified atom stereocenters. The zero-order valence-corrected chi connectivity index (χ0v) is 12.9. The lowest BCUT2D eigenvalue weighted by molar-refractivity contribution is -0.385. The van der Waals surface area contributed by atoms with Crippen molar-refractivity contribution in [2.75, 3.05) is 6.54 Å². The van der Waals surface area contributed by atoms with E-state index in [1.807, 2.05) is 16.8 Å². The van der Waals surface area contributed by atoms with Gasteiger partial charge in [-0.2, -0.15) is 11.3 Å². The summed E-state index contributed by atoms with van der Waals surface area (Å²) in [6, 6.07) is 6.29. The fourth-order valence-electron chi connectivity index (χ4n) is 1.99. The molecule has 112 valence electrons. The van der Waals surface area contributed by atoms with Crippen LogP contribution in [0.2, 0.25) is 5.02 Å². The quantitative estimate of drug-likeness (QED) is 0.631. The van der Waals surface area contributed by atoms with E-state index >= 15 is 0 Å². The Labute approximate surface area is 131 Å². The highest BCUT2D eigenvalue weighted by Crippen LogP contribution is 2.24. The van der Waals surface area contributed by atoms with Crippen molar-refractivity contribution in [3.8, 4) is 0 Å². The Hall–Kier alpha value is -1.47. The maximum absolute atomic E-state index is 11.0. The number of rotatable bonds is 6. The molecular formula is C14H15ClN2O3S. The number of benzene rings is 1. The highest BCUT2D eigenvalue weighted by atomic mass is 35.5. The van der Waals surface area contributed by atoms with Crippen LogP contribution < -0.4 is 5.32 Å². The van der Waals surface area contributed by atoms with E-state index in [1.165, 1.54) is 23.5 Å². The first kappa shape index (κ1) is 15.9. The number of hydrogen-bond acceptors (Lipinski definition) is 5. The summed E-state index contributed by atoms with van der Waals surface area (Å²) < 4.78 is 0. The van der Waals surface area contributed by atoms with Crippen LogP contribution in [-0.2, 0) is 12.1 Å². The number of halogens is 1. The van der Waals surface area contributed by atoms with Crippen LogP contribution in [0.25, 0.3) is 0 Å². The molecule has 2 rings (SSSR count). The monoisotopic (exact) mass is 326 g/mol. The molecule has 0 radical (unpaired) electrons. The molecule has 1 aromatic heterocycles. The van der Waals surface area contributed by atoms with Gasteiger partial charge in [0.15, 0.2) is 0 Å². The second-order valence-corrected chi connectivity index (χ2v) is 6.14. The van der Waals surface area contributed by atoms with E-state index in [9.17, 15) is 15.2 Å². The van der Waals surface area contributed by atoms with Crippen LogP contribution in [0.5, 0.6) is 0 Å². The lowest BCUT2D eigenvalue weighted by atomic mass is 9.99. The zero-order valence-electron chi connectivity index (χ0n) is 11.4. The molecule has 2 N–H and O–H groups in total. The summed E-state index contributed by atoms with van der Waals surface area (Å²) in [5, 5.41) is 28.6. The number of aliphatic hydroxyl groups is 1.